The molecule has 0 aromatic carbocycles. The number of nitrogens with two attached hydrogens (primary N) is 1. The molecule has 8 heteroatoms. The van der Waals surface area contributed by atoms with Crippen LogP contribution in [-0.2, 0) is 10.0 Å². The van der Waals surface area contributed by atoms with E-state index in [0.717, 1.165) is 24.2 Å². The minimum Gasteiger partial charge on any atom is -0.392 e. The Kier molecular flexibility index (Phi) is 3.74. The van der Waals surface area contributed by atoms with Crippen LogP contribution in [0.3, 0.4) is 0 Å². The Hall–Kier alpha value is -0.210. The molecule has 94 valence electrons. The van der Waals surface area contributed by atoms with Crippen LogP contribution in [0.1, 0.15) is 12.8 Å². The van der Waals surface area contributed by atoms with E-state index in [2.05, 4.69) is 4.72 Å². The molecular weight excluding hydrogens is 300 g/mol. The largest absolute Gasteiger partial charge is 0.392 e. The van der Waals surface area contributed by atoms with Crippen molar-refractivity contribution in [3.8, 4) is 0 Å². The van der Waals surface area contributed by atoms with Crippen molar-refractivity contribution in [2.75, 3.05) is 0 Å². The predicted molar refractivity (Wildman–Crippen MR) is 72.9 cm³/mol. The molecule has 1 heterocycles. The van der Waals surface area contributed by atoms with Crippen molar-refractivity contribution in [3.05, 3.63) is 16.5 Å². The molecule has 1 atom stereocenters. The van der Waals surface area contributed by atoms with Gasteiger partial charge in [0, 0.05) is 0 Å². The zero-order valence-corrected chi connectivity index (χ0v) is 11.9. The number of nitrogens with one attached hydrogen (secondary N) is 1. The van der Waals surface area contributed by atoms with Crippen LogP contribution >= 0.6 is 35.2 Å². The highest BCUT2D eigenvalue weighted by Gasteiger charge is 2.36. The molecule has 1 aliphatic rings. The third-order valence-electron chi connectivity index (χ3n) is 2.50. The summed E-state index contributed by atoms with van der Waals surface area (Å²) in [6, 6.07) is 2.57. The molecule has 0 amide bonds. The van der Waals surface area contributed by atoms with Crippen LogP contribution < -0.4 is 10.5 Å². The van der Waals surface area contributed by atoms with Gasteiger partial charge in [0.25, 0.3) is 10.0 Å². The Labute approximate surface area is 114 Å². The fraction of sp³-hybridized carbons (Fsp3) is 0.444. The van der Waals surface area contributed by atoms with Gasteiger partial charge in [-0.1, -0.05) is 23.8 Å². The van der Waals surface area contributed by atoms with Gasteiger partial charge in [0.2, 0.25) is 0 Å². The van der Waals surface area contributed by atoms with Gasteiger partial charge in [0.1, 0.15) is 4.21 Å². The second-order valence-electron chi connectivity index (χ2n) is 3.90. The summed E-state index contributed by atoms with van der Waals surface area (Å²) in [4.78, 5) is 0.193. The Morgan fingerprint density at radius 3 is 2.65 bits per heavy atom. The summed E-state index contributed by atoms with van der Waals surface area (Å²) in [7, 11) is -3.57. The summed E-state index contributed by atoms with van der Waals surface area (Å²) >= 11 is 11.6. The highest BCUT2D eigenvalue weighted by molar-refractivity contribution is 7.91. The Morgan fingerprint density at radius 1 is 1.59 bits per heavy atom. The molecule has 1 fully saturated rings. The maximum atomic E-state index is 12.0. The third-order valence-corrected chi connectivity index (χ3v) is 5.91. The van der Waals surface area contributed by atoms with E-state index in [9.17, 15) is 8.42 Å². The Morgan fingerprint density at radius 2 is 2.24 bits per heavy atom. The zero-order valence-electron chi connectivity index (χ0n) is 8.72. The summed E-state index contributed by atoms with van der Waals surface area (Å²) in [5.74, 6) is 0.234. The molecule has 1 saturated carbocycles. The van der Waals surface area contributed by atoms with Crippen molar-refractivity contribution >= 4 is 50.2 Å². The van der Waals surface area contributed by atoms with Crippen LogP contribution in [0.25, 0.3) is 0 Å². The van der Waals surface area contributed by atoms with Gasteiger partial charge in [-0.25, -0.2) is 13.1 Å². The molecule has 1 aromatic rings. The van der Waals surface area contributed by atoms with Crippen molar-refractivity contribution < 1.29 is 8.42 Å². The van der Waals surface area contributed by atoms with Gasteiger partial charge >= 0.3 is 0 Å². The van der Waals surface area contributed by atoms with Crippen LogP contribution in [0, 0.1) is 5.92 Å². The van der Waals surface area contributed by atoms with Gasteiger partial charge < -0.3 is 5.73 Å². The first-order valence-electron chi connectivity index (χ1n) is 4.97. The van der Waals surface area contributed by atoms with Crippen molar-refractivity contribution in [1.82, 2.24) is 4.72 Å². The Bertz CT molecular complexity index is 536. The quantitative estimate of drug-likeness (QED) is 0.813. The molecule has 0 bridgehead atoms. The van der Waals surface area contributed by atoms with Crippen molar-refractivity contribution in [1.29, 1.82) is 0 Å². The second-order valence-corrected chi connectivity index (χ2v) is 8.02. The van der Waals surface area contributed by atoms with Gasteiger partial charge in [0.05, 0.1) is 15.4 Å². The fourth-order valence-electron chi connectivity index (χ4n) is 1.48. The topological polar surface area (TPSA) is 72.2 Å². The number of hydrogen-bond acceptors (Lipinski definition) is 4. The molecule has 0 aliphatic heterocycles. The molecule has 1 unspecified atom stereocenters. The third kappa shape index (κ3) is 3.17. The minimum absolute atomic E-state index is 0.185. The maximum absolute atomic E-state index is 12.0. The van der Waals surface area contributed by atoms with Gasteiger partial charge in [0.15, 0.2) is 0 Å². The first-order valence-corrected chi connectivity index (χ1v) is 8.06. The lowest BCUT2D eigenvalue weighted by Gasteiger charge is -2.15. The second kappa shape index (κ2) is 4.81. The first-order chi connectivity index (χ1) is 7.90. The van der Waals surface area contributed by atoms with Gasteiger partial charge in [-0.2, -0.15) is 0 Å². The van der Waals surface area contributed by atoms with Gasteiger partial charge in [-0.05, 0) is 30.9 Å². The molecule has 0 saturated heterocycles. The molecule has 1 aliphatic carbocycles. The lowest BCUT2D eigenvalue weighted by atomic mass is 10.2. The molecular formula is C9H11ClN2O2S3. The number of halogens is 1. The average molecular weight is 311 g/mol. The zero-order chi connectivity index (χ0) is 12.6. The van der Waals surface area contributed by atoms with Gasteiger partial charge in [-0.3, -0.25) is 0 Å². The molecule has 1 aromatic heterocycles. The van der Waals surface area contributed by atoms with E-state index in [1.165, 1.54) is 6.07 Å². The van der Waals surface area contributed by atoms with Crippen molar-refractivity contribution in [3.63, 3.8) is 0 Å². The summed E-state index contributed by atoms with van der Waals surface area (Å²) in [6.07, 6.45) is 1.91. The number of sulfonamides is 1. The minimum atomic E-state index is -3.57. The molecule has 0 radical (unpaired) electrons. The van der Waals surface area contributed by atoms with E-state index < -0.39 is 16.1 Å². The van der Waals surface area contributed by atoms with E-state index >= 15 is 0 Å². The predicted octanol–water partition coefficient (Wildman–Crippen LogP) is 1.74. The fourth-order valence-corrected chi connectivity index (χ4v) is 4.59. The van der Waals surface area contributed by atoms with E-state index in [1.807, 2.05) is 0 Å². The van der Waals surface area contributed by atoms with Crippen LogP contribution in [0.2, 0.25) is 4.34 Å². The van der Waals surface area contributed by atoms with E-state index in [0.29, 0.717) is 4.34 Å². The molecule has 17 heavy (non-hydrogen) atoms. The van der Waals surface area contributed by atoms with Crippen molar-refractivity contribution in [2.45, 2.75) is 23.1 Å². The van der Waals surface area contributed by atoms with Crippen LogP contribution in [0.15, 0.2) is 16.3 Å². The van der Waals surface area contributed by atoms with Crippen LogP contribution in [0.4, 0.5) is 0 Å². The monoisotopic (exact) mass is 310 g/mol. The van der Waals surface area contributed by atoms with Gasteiger partial charge in [-0.15, -0.1) is 11.3 Å². The number of thiocarbonyl (C=S) groups is 1. The van der Waals surface area contributed by atoms with Crippen molar-refractivity contribution in [2.24, 2.45) is 11.7 Å². The first kappa shape index (κ1) is 13.2. The summed E-state index contributed by atoms with van der Waals surface area (Å²) < 4.78 is 27.2. The van der Waals surface area contributed by atoms with E-state index in [-0.39, 0.29) is 15.1 Å². The highest BCUT2D eigenvalue weighted by atomic mass is 35.5. The van der Waals surface area contributed by atoms with Crippen LogP contribution in [0.5, 0.6) is 0 Å². The summed E-state index contributed by atoms with van der Waals surface area (Å²) in [5, 5.41) is 0. The van der Waals surface area contributed by atoms with E-state index in [1.54, 1.807) is 6.07 Å². The van der Waals surface area contributed by atoms with E-state index in [4.69, 9.17) is 29.6 Å². The number of rotatable bonds is 5. The Balaban J connectivity index is 2.18. The summed E-state index contributed by atoms with van der Waals surface area (Å²) in [6.45, 7) is 0. The maximum Gasteiger partial charge on any atom is 0.250 e. The normalized spacial score (nSPS) is 17.9. The lowest BCUT2D eigenvalue weighted by molar-refractivity contribution is 0.567. The van der Waals surface area contributed by atoms with Crippen LogP contribution in [-0.4, -0.2) is 19.4 Å². The average Bonchev–Trinajstić information content (AvgIpc) is 2.96. The highest BCUT2D eigenvalue weighted by Crippen LogP contribution is 2.34. The smallest absolute Gasteiger partial charge is 0.250 e. The standard InChI is InChI=1S/C9H11ClN2O2S3/c10-6-3-4-7(16-6)17(13,14)12-8(9(11)15)5-1-2-5/h3-5,8,12H,1-2H2,(H2,11,15). The summed E-state index contributed by atoms with van der Waals surface area (Å²) in [5.41, 5.74) is 5.55. The SMILES string of the molecule is NC(=S)C(NS(=O)(=O)c1ccc(Cl)s1)C1CC1. The molecule has 2 rings (SSSR count). The molecule has 3 N–H and O–H groups in total. The number of thiophene rings is 1. The lowest BCUT2D eigenvalue weighted by Crippen LogP contribution is -2.44. The number of hydrogen-bond donors (Lipinski definition) is 2. The molecule has 4 nitrogen and oxygen atoms in total. The molecule has 0 spiro atoms.